The van der Waals surface area contributed by atoms with Gasteiger partial charge in [0.05, 0.1) is 5.56 Å². The quantitative estimate of drug-likeness (QED) is 0.388. The minimum Gasteiger partial charge on any atom is -0.438 e. The number of aromatic nitrogens is 1. The number of ether oxygens (including phenoxy) is 1. The molecule has 0 saturated heterocycles. The number of pyridine rings is 1. The predicted molar refractivity (Wildman–Crippen MR) is 77.4 cm³/mol. The Bertz CT molecular complexity index is 639. The zero-order valence-corrected chi connectivity index (χ0v) is 11.5. The molecule has 0 aliphatic carbocycles. The second-order valence-corrected chi connectivity index (χ2v) is 4.35. The molecule has 104 valence electrons. The number of rotatable bonds is 4. The highest BCUT2D eigenvalue weighted by Gasteiger charge is 2.12. The molecule has 2 aromatic rings. The van der Waals surface area contributed by atoms with E-state index in [1.165, 1.54) is 0 Å². The summed E-state index contributed by atoms with van der Waals surface area (Å²) in [5, 5.41) is 11.8. The SMILES string of the molecule is CCc1ccccc1Oc1nc(C)ccc1C(N)=NO. The smallest absolute Gasteiger partial charge is 0.230 e. The molecule has 3 N–H and O–H groups in total. The monoisotopic (exact) mass is 271 g/mol. The maximum Gasteiger partial charge on any atom is 0.230 e. The van der Waals surface area contributed by atoms with Crippen LogP contribution in [0.4, 0.5) is 0 Å². The number of benzene rings is 1. The van der Waals surface area contributed by atoms with Crippen molar-refractivity contribution < 1.29 is 9.94 Å². The molecule has 0 spiro atoms. The van der Waals surface area contributed by atoms with E-state index in [9.17, 15) is 0 Å². The van der Waals surface area contributed by atoms with Crippen molar-refractivity contribution >= 4 is 5.84 Å². The van der Waals surface area contributed by atoms with Crippen LogP contribution < -0.4 is 10.5 Å². The van der Waals surface area contributed by atoms with E-state index in [-0.39, 0.29) is 5.84 Å². The van der Waals surface area contributed by atoms with Crippen molar-refractivity contribution in [2.24, 2.45) is 10.9 Å². The van der Waals surface area contributed by atoms with Crippen molar-refractivity contribution in [1.29, 1.82) is 0 Å². The first-order chi connectivity index (χ1) is 9.65. The maximum atomic E-state index is 8.83. The Hall–Kier alpha value is -2.56. The average Bonchev–Trinajstić information content (AvgIpc) is 2.47. The molecule has 0 amide bonds. The summed E-state index contributed by atoms with van der Waals surface area (Å²) in [5.41, 5.74) is 7.98. The van der Waals surface area contributed by atoms with Crippen LogP contribution in [-0.4, -0.2) is 16.0 Å². The number of aryl methyl sites for hydroxylation is 2. The second-order valence-electron chi connectivity index (χ2n) is 4.35. The third-order valence-electron chi connectivity index (χ3n) is 2.94. The standard InChI is InChI=1S/C15H17N3O2/c1-3-11-6-4-5-7-13(11)20-15-12(14(16)18-19)9-8-10(2)17-15/h4-9,19H,3H2,1-2H3,(H2,16,18). The van der Waals surface area contributed by atoms with Crippen LogP contribution in [0.15, 0.2) is 41.6 Å². The molecule has 20 heavy (non-hydrogen) atoms. The van der Waals surface area contributed by atoms with Gasteiger partial charge < -0.3 is 15.7 Å². The molecule has 5 nitrogen and oxygen atoms in total. The molecule has 1 aromatic heterocycles. The summed E-state index contributed by atoms with van der Waals surface area (Å²) in [5.74, 6) is 1.03. The fourth-order valence-electron chi connectivity index (χ4n) is 1.86. The topological polar surface area (TPSA) is 80.7 Å². The van der Waals surface area contributed by atoms with Crippen molar-refractivity contribution in [2.45, 2.75) is 20.3 Å². The molecule has 0 saturated carbocycles. The van der Waals surface area contributed by atoms with E-state index in [0.29, 0.717) is 11.4 Å². The summed E-state index contributed by atoms with van der Waals surface area (Å²) in [6.45, 7) is 3.91. The Morgan fingerprint density at radius 2 is 2.05 bits per heavy atom. The molecule has 0 aliphatic rings. The van der Waals surface area contributed by atoms with Crippen molar-refractivity contribution in [2.75, 3.05) is 0 Å². The van der Waals surface area contributed by atoms with Crippen LogP contribution in [0.5, 0.6) is 11.6 Å². The molecule has 0 atom stereocenters. The molecule has 0 bridgehead atoms. The van der Waals surface area contributed by atoms with E-state index < -0.39 is 0 Å². The first kappa shape index (κ1) is 13.9. The molecule has 1 aromatic carbocycles. The molecular weight excluding hydrogens is 254 g/mol. The normalized spacial score (nSPS) is 11.4. The average molecular weight is 271 g/mol. The van der Waals surface area contributed by atoms with Gasteiger partial charge in [0.2, 0.25) is 5.88 Å². The lowest BCUT2D eigenvalue weighted by Gasteiger charge is -2.12. The van der Waals surface area contributed by atoms with Crippen molar-refractivity contribution in [3.63, 3.8) is 0 Å². The summed E-state index contributed by atoms with van der Waals surface area (Å²) in [6.07, 6.45) is 0.848. The van der Waals surface area contributed by atoms with Gasteiger partial charge in [-0.3, -0.25) is 0 Å². The Morgan fingerprint density at radius 3 is 2.75 bits per heavy atom. The third-order valence-corrected chi connectivity index (χ3v) is 2.94. The third kappa shape index (κ3) is 2.88. The Morgan fingerprint density at radius 1 is 1.30 bits per heavy atom. The lowest BCUT2D eigenvalue weighted by atomic mass is 10.1. The number of nitrogens with two attached hydrogens (primary N) is 1. The first-order valence-electron chi connectivity index (χ1n) is 6.37. The van der Waals surface area contributed by atoms with Gasteiger partial charge in [0.15, 0.2) is 5.84 Å². The summed E-state index contributed by atoms with van der Waals surface area (Å²) in [4.78, 5) is 4.32. The highest BCUT2D eigenvalue weighted by atomic mass is 16.5. The number of oxime groups is 1. The van der Waals surface area contributed by atoms with Gasteiger partial charge in [0, 0.05) is 5.69 Å². The van der Waals surface area contributed by atoms with Gasteiger partial charge in [-0.25, -0.2) is 4.98 Å². The minimum atomic E-state index is -0.0264. The molecule has 0 unspecified atom stereocenters. The van der Waals surface area contributed by atoms with Crippen LogP contribution in [-0.2, 0) is 6.42 Å². The number of nitrogens with zero attached hydrogens (tertiary/aromatic N) is 2. The summed E-state index contributed by atoms with van der Waals surface area (Å²) >= 11 is 0. The highest BCUT2D eigenvalue weighted by molar-refractivity contribution is 5.99. The summed E-state index contributed by atoms with van der Waals surface area (Å²) < 4.78 is 5.85. The predicted octanol–water partition coefficient (Wildman–Crippen LogP) is 2.84. The first-order valence-corrected chi connectivity index (χ1v) is 6.37. The number of hydrogen-bond acceptors (Lipinski definition) is 4. The number of amidine groups is 1. The van der Waals surface area contributed by atoms with Gasteiger partial charge in [0.25, 0.3) is 0 Å². The molecule has 1 heterocycles. The van der Waals surface area contributed by atoms with E-state index in [1.54, 1.807) is 12.1 Å². The van der Waals surface area contributed by atoms with Gasteiger partial charge in [-0.1, -0.05) is 30.3 Å². The lowest BCUT2D eigenvalue weighted by Crippen LogP contribution is -2.15. The molecule has 2 rings (SSSR count). The van der Waals surface area contributed by atoms with E-state index in [1.807, 2.05) is 31.2 Å². The Labute approximate surface area is 117 Å². The van der Waals surface area contributed by atoms with Crippen LogP contribution in [0.25, 0.3) is 0 Å². The van der Waals surface area contributed by atoms with Gasteiger partial charge in [-0.15, -0.1) is 0 Å². The zero-order valence-electron chi connectivity index (χ0n) is 11.5. The fraction of sp³-hybridized carbons (Fsp3) is 0.200. The molecule has 0 fully saturated rings. The second kappa shape index (κ2) is 6.06. The highest BCUT2D eigenvalue weighted by Crippen LogP contribution is 2.27. The lowest BCUT2D eigenvalue weighted by molar-refractivity contribution is 0.318. The Kier molecular flexibility index (Phi) is 4.20. The summed E-state index contributed by atoms with van der Waals surface area (Å²) in [7, 11) is 0. The van der Waals surface area contributed by atoms with Gasteiger partial charge in [0.1, 0.15) is 5.75 Å². The zero-order chi connectivity index (χ0) is 14.5. The van der Waals surface area contributed by atoms with Crippen LogP contribution >= 0.6 is 0 Å². The van der Waals surface area contributed by atoms with Gasteiger partial charge in [-0.05, 0) is 37.1 Å². The van der Waals surface area contributed by atoms with Crippen LogP contribution in [0.2, 0.25) is 0 Å². The number of hydrogen-bond donors (Lipinski definition) is 2. The van der Waals surface area contributed by atoms with E-state index >= 15 is 0 Å². The molecule has 5 heteroatoms. The van der Waals surface area contributed by atoms with Crippen molar-refractivity contribution in [1.82, 2.24) is 4.98 Å². The van der Waals surface area contributed by atoms with E-state index in [2.05, 4.69) is 17.1 Å². The number of para-hydroxylation sites is 1. The fourth-order valence-corrected chi connectivity index (χ4v) is 1.86. The van der Waals surface area contributed by atoms with E-state index in [4.69, 9.17) is 15.7 Å². The van der Waals surface area contributed by atoms with Gasteiger partial charge in [-0.2, -0.15) is 0 Å². The van der Waals surface area contributed by atoms with Crippen molar-refractivity contribution in [3.05, 3.63) is 53.2 Å². The molecular formula is C15H17N3O2. The van der Waals surface area contributed by atoms with Gasteiger partial charge >= 0.3 is 0 Å². The molecule has 0 aliphatic heterocycles. The maximum absolute atomic E-state index is 8.83. The minimum absolute atomic E-state index is 0.0264. The summed E-state index contributed by atoms with van der Waals surface area (Å²) in [6, 6.07) is 11.2. The van der Waals surface area contributed by atoms with E-state index in [0.717, 1.165) is 23.4 Å². The van der Waals surface area contributed by atoms with Crippen LogP contribution in [0.3, 0.4) is 0 Å². The Balaban J connectivity index is 2.45. The van der Waals surface area contributed by atoms with Crippen LogP contribution in [0, 0.1) is 6.92 Å². The largest absolute Gasteiger partial charge is 0.438 e. The van der Waals surface area contributed by atoms with Crippen molar-refractivity contribution in [3.8, 4) is 11.6 Å². The van der Waals surface area contributed by atoms with Crippen LogP contribution in [0.1, 0.15) is 23.7 Å². The molecule has 0 radical (unpaired) electrons.